The summed E-state index contributed by atoms with van der Waals surface area (Å²) >= 11 is 19.2. The van der Waals surface area contributed by atoms with Gasteiger partial charge in [0.05, 0.1) is 14.2 Å². The van der Waals surface area contributed by atoms with Crippen LogP contribution >= 0.6 is 34.8 Å². The van der Waals surface area contributed by atoms with Crippen LogP contribution in [0.2, 0.25) is 0 Å². The van der Waals surface area contributed by atoms with Gasteiger partial charge in [0.1, 0.15) is 11.5 Å². The Balaban J connectivity index is 1.91. The summed E-state index contributed by atoms with van der Waals surface area (Å²) in [6, 6.07) is 24.3. The molecule has 0 N–H and O–H groups in total. The van der Waals surface area contributed by atoms with Gasteiger partial charge in [-0.25, -0.2) is 0 Å². The highest BCUT2D eigenvalue weighted by atomic mass is 35.6. The van der Waals surface area contributed by atoms with Crippen LogP contribution in [0, 0.1) is 0 Å². The van der Waals surface area contributed by atoms with Crippen molar-refractivity contribution in [3.8, 4) is 5.75 Å². The largest absolute Gasteiger partial charge is 0.496 e. The van der Waals surface area contributed by atoms with Crippen LogP contribution in [0.3, 0.4) is 0 Å². The van der Waals surface area contributed by atoms with Crippen LogP contribution in [0.25, 0.3) is 44.2 Å². The summed E-state index contributed by atoms with van der Waals surface area (Å²) in [6.07, 6.45) is 1.98. The molecule has 5 aromatic rings. The Morgan fingerprint density at radius 2 is 1.47 bits per heavy atom. The topological polar surface area (TPSA) is 18.5 Å². The normalized spacial score (nSPS) is 12.7. The number of methoxy groups -OCH3 is 2. The van der Waals surface area contributed by atoms with Crippen molar-refractivity contribution in [3.63, 3.8) is 0 Å². The first-order chi connectivity index (χ1) is 15.4. The molecule has 0 aliphatic rings. The fraction of sp³-hybridized carbons (Fsp3) is 0.111. The molecule has 5 aromatic carbocycles. The first kappa shape index (κ1) is 21.2. The zero-order valence-electron chi connectivity index (χ0n) is 17.5. The minimum absolute atomic E-state index is 0.641. The highest BCUT2D eigenvalue weighted by Crippen LogP contribution is 2.47. The molecule has 5 rings (SSSR count). The van der Waals surface area contributed by atoms with Gasteiger partial charge in [0.2, 0.25) is 3.79 Å². The van der Waals surface area contributed by atoms with E-state index >= 15 is 0 Å². The van der Waals surface area contributed by atoms with Gasteiger partial charge in [-0.1, -0.05) is 95.5 Å². The van der Waals surface area contributed by atoms with Crippen molar-refractivity contribution in [1.82, 2.24) is 0 Å². The van der Waals surface area contributed by atoms with E-state index in [0.29, 0.717) is 11.3 Å². The predicted molar refractivity (Wildman–Crippen MR) is 137 cm³/mol. The maximum absolute atomic E-state index is 6.38. The molecule has 0 aliphatic heterocycles. The van der Waals surface area contributed by atoms with Crippen molar-refractivity contribution >= 4 is 79.0 Å². The molecule has 0 amide bonds. The quantitative estimate of drug-likeness (QED) is 0.111. The van der Waals surface area contributed by atoms with Crippen LogP contribution in [0.1, 0.15) is 16.7 Å². The third-order valence-electron chi connectivity index (χ3n) is 5.86. The molecular weight excluding hydrogens is 463 g/mol. The Hall–Kier alpha value is -2.65. The molecule has 0 fully saturated rings. The molecule has 0 atom stereocenters. The van der Waals surface area contributed by atoms with Crippen molar-refractivity contribution in [3.05, 3.63) is 89.5 Å². The Labute approximate surface area is 201 Å². The van der Waals surface area contributed by atoms with Crippen molar-refractivity contribution in [2.75, 3.05) is 14.2 Å². The zero-order valence-corrected chi connectivity index (χ0v) is 19.7. The molecule has 0 saturated heterocycles. The number of halogens is 3. The summed E-state index contributed by atoms with van der Waals surface area (Å²) in [5.41, 5.74) is 2.48. The molecule has 2 nitrogen and oxygen atoms in total. The van der Waals surface area contributed by atoms with Crippen molar-refractivity contribution in [1.29, 1.82) is 0 Å². The van der Waals surface area contributed by atoms with Crippen molar-refractivity contribution < 1.29 is 9.47 Å². The summed E-state index contributed by atoms with van der Waals surface area (Å²) in [4.78, 5) is 0. The van der Waals surface area contributed by atoms with Gasteiger partial charge in [0.15, 0.2) is 0 Å². The number of para-hydroxylation sites is 1. The van der Waals surface area contributed by atoms with Gasteiger partial charge < -0.3 is 9.47 Å². The van der Waals surface area contributed by atoms with Crippen molar-refractivity contribution in [2.24, 2.45) is 0 Å². The average molecular weight is 482 g/mol. The van der Waals surface area contributed by atoms with E-state index in [0.717, 1.165) is 49.2 Å². The second-order valence-electron chi connectivity index (χ2n) is 7.60. The monoisotopic (exact) mass is 480 g/mol. The number of hydrogen-bond acceptors (Lipinski definition) is 2. The second kappa shape index (κ2) is 8.04. The van der Waals surface area contributed by atoms with E-state index in [1.807, 2.05) is 42.5 Å². The highest BCUT2D eigenvalue weighted by Gasteiger charge is 2.27. The van der Waals surface area contributed by atoms with Crippen LogP contribution < -0.4 is 4.74 Å². The van der Waals surface area contributed by atoms with Crippen LogP contribution in [-0.4, -0.2) is 14.2 Å². The third-order valence-corrected chi connectivity index (χ3v) is 6.47. The summed E-state index contributed by atoms with van der Waals surface area (Å²) in [5, 5.41) is 6.39. The zero-order chi connectivity index (χ0) is 22.5. The second-order valence-corrected chi connectivity index (χ2v) is 9.89. The molecule has 0 unspecified atom stereocenters. The fourth-order valence-electron chi connectivity index (χ4n) is 4.44. The van der Waals surface area contributed by atoms with E-state index in [1.54, 1.807) is 14.2 Å². The molecule has 0 aliphatic carbocycles. The number of rotatable bonds is 4. The molecule has 160 valence electrons. The lowest BCUT2D eigenvalue weighted by Gasteiger charge is -2.21. The minimum atomic E-state index is -1.56. The van der Waals surface area contributed by atoms with Gasteiger partial charge >= 0.3 is 0 Å². The molecule has 0 saturated carbocycles. The standard InChI is InChI=1S/C27H19Cl3O2/c1-31-23-9-4-3-6-18(23)14-24(32-2)20-15-21-22(27(28,29)30)13-12-17-11-10-16-7-5-8-19(20)25(16)26(17)21/h3-15H,1-2H3. The molecule has 0 aromatic heterocycles. The minimum Gasteiger partial charge on any atom is -0.496 e. The molecular formula is C27H19Cl3O2. The summed E-state index contributed by atoms with van der Waals surface area (Å²) < 4.78 is 9.87. The fourth-order valence-corrected chi connectivity index (χ4v) is 4.94. The van der Waals surface area contributed by atoms with Gasteiger partial charge in [-0.05, 0) is 50.5 Å². The van der Waals surface area contributed by atoms with Gasteiger partial charge in [0, 0.05) is 16.7 Å². The predicted octanol–water partition coefficient (Wildman–Crippen LogP) is 8.56. The summed E-state index contributed by atoms with van der Waals surface area (Å²) in [6.45, 7) is 0. The molecule has 0 heterocycles. The Bertz CT molecular complexity index is 1480. The Morgan fingerprint density at radius 1 is 0.781 bits per heavy atom. The summed E-state index contributed by atoms with van der Waals surface area (Å²) in [5.74, 6) is 1.46. The van der Waals surface area contributed by atoms with E-state index in [2.05, 4.69) is 36.4 Å². The average Bonchev–Trinajstić information content (AvgIpc) is 2.80. The maximum atomic E-state index is 6.38. The SMILES string of the molecule is COC(=Cc1ccccc1OC)c1cc2c(C(Cl)(Cl)Cl)ccc3ccc4cccc1c4c32. The highest BCUT2D eigenvalue weighted by molar-refractivity contribution is 6.67. The molecule has 32 heavy (non-hydrogen) atoms. The van der Waals surface area contributed by atoms with Crippen LogP contribution in [0.15, 0.2) is 72.8 Å². The van der Waals surface area contributed by atoms with Crippen molar-refractivity contribution in [2.45, 2.75) is 3.79 Å². The number of ether oxygens (including phenoxy) is 2. The van der Waals surface area contributed by atoms with Gasteiger partial charge in [0.25, 0.3) is 0 Å². The van der Waals surface area contributed by atoms with Crippen LogP contribution in [0.5, 0.6) is 5.75 Å². The smallest absolute Gasteiger partial charge is 0.216 e. The molecule has 0 bridgehead atoms. The van der Waals surface area contributed by atoms with E-state index < -0.39 is 3.79 Å². The van der Waals surface area contributed by atoms with E-state index in [1.165, 1.54) is 0 Å². The van der Waals surface area contributed by atoms with Gasteiger partial charge in [-0.2, -0.15) is 0 Å². The first-order valence-electron chi connectivity index (χ1n) is 10.1. The molecule has 0 spiro atoms. The Kier molecular flexibility index (Phi) is 5.33. The van der Waals surface area contributed by atoms with E-state index in [-0.39, 0.29) is 0 Å². The number of benzene rings is 5. The van der Waals surface area contributed by atoms with Gasteiger partial charge in [-0.3, -0.25) is 0 Å². The lowest BCUT2D eigenvalue weighted by molar-refractivity contribution is 0.373. The first-order valence-corrected chi connectivity index (χ1v) is 11.2. The number of hydrogen-bond donors (Lipinski definition) is 0. The van der Waals surface area contributed by atoms with Crippen LogP contribution in [0.4, 0.5) is 0 Å². The lowest BCUT2D eigenvalue weighted by Crippen LogP contribution is -2.03. The Morgan fingerprint density at radius 3 is 2.19 bits per heavy atom. The van der Waals surface area contributed by atoms with Gasteiger partial charge in [-0.15, -0.1) is 0 Å². The van der Waals surface area contributed by atoms with E-state index in [9.17, 15) is 0 Å². The lowest BCUT2D eigenvalue weighted by atomic mass is 9.88. The summed E-state index contributed by atoms with van der Waals surface area (Å²) in [7, 11) is 3.32. The molecule has 0 radical (unpaired) electrons. The molecule has 5 heteroatoms. The third kappa shape index (κ3) is 3.44. The van der Waals surface area contributed by atoms with Crippen LogP contribution in [-0.2, 0) is 8.53 Å². The van der Waals surface area contributed by atoms with E-state index in [4.69, 9.17) is 44.3 Å². The maximum Gasteiger partial charge on any atom is 0.216 e. The number of alkyl halides is 3.